The molecule has 2 N–H and O–H groups in total. The van der Waals surface area contributed by atoms with E-state index >= 15 is 0 Å². The largest absolute Gasteiger partial charge is 0.489 e. The first kappa shape index (κ1) is 25.3. The van der Waals surface area contributed by atoms with E-state index in [2.05, 4.69) is 30.3 Å². The standard InChI is InChI=1S/C26H31ClN6O4/c1-5-19(34)31-11-12-32-15(13-31)14-37-23-20(25(32)35)24(33-10-9-17(36-4)26(33,2)3)30-22(21(23)27)16-7-6-8-18(28)29-16/h5-8,15,17H,1,9-14H2,2-4H3,(H2,28,29). The van der Waals surface area contributed by atoms with Crippen molar-refractivity contribution in [2.45, 2.75) is 38.0 Å². The van der Waals surface area contributed by atoms with Gasteiger partial charge < -0.3 is 29.9 Å². The summed E-state index contributed by atoms with van der Waals surface area (Å²) in [5, 5.41) is 0.198. The molecule has 0 aliphatic carbocycles. The number of anilines is 2. The molecular formula is C26H31ClN6O4. The van der Waals surface area contributed by atoms with Gasteiger partial charge in [-0.1, -0.05) is 24.2 Å². The predicted molar refractivity (Wildman–Crippen MR) is 141 cm³/mol. The van der Waals surface area contributed by atoms with Crippen molar-refractivity contribution in [2.75, 3.05) is 50.5 Å². The van der Waals surface area contributed by atoms with Gasteiger partial charge in [-0.25, -0.2) is 9.97 Å². The van der Waals surface area contributed by atoms with Crippen molar-refractivity contribution in [3.63, 3.8) is 0 Å². The summed E-state index contributed by atoms with van der Waals surface area (Å²) in [5.74, 6) is 0.668. The number of amides is 2. The van der Waals surface area contributed by atoms with Gasteiger partial charge in [0.1, 0.15) is 34.5 Å². The van der Waals surface area contributed by atoms with E-state index in [1.807, 2.05) is 0 Å². The van der Waals surface area contributed by atoms with Crippen molar-refractivity contribution in [1.82, 2.24) is 19.8 Å². The van der Waals surface area contributed by atoms with Crippen molar-refractivity contribution in [2.24, 2.45) is 0 Å². The summed E-state index contributed by atoms with van der Waals surface area (Å²) in [7, 11) is 1.69. The second-order valence-corrected chi connectivity index (χ2v) is 10.4. The lowest BCUT2D eigenvalue weighted by Gasteiger charge is -2.40. The number of hydrogen-bond donors (Lipinski definition) is 1. The summed E-state index contributed by atoms with van der Waals surface area (Å²) < 4.78 is 12.0. The van der Waals surface area contributed by atoms with E-state index in [0.717, 1.165) is 6.42 Å². The van der Waals surface area contributed by atoms with Gasteiger partial charge in [-0.05, 0) is 38.5 Å². The number of carbonyl (C=O) groups is 2. The second-order valence-electron chi connectivity index (χ2n) is 10.0. The number of nitrogens with two attached hydrogens (primary N) is 1. The summed E-state index contributed by atoms with van der Waals surface area (Å²) >= 11 is 6.90. The molecule has 0 spiro atoms. The van der Waals surface area contributed by atoms with Gasteiger partial charge >= 0.3 is 0 Å². The summed E-state index contributed by atoms with van der Waals surface area (Å²) in [4.78, 5) is 41.3. The SMILES string of the molecule is C=CC(=O)N1CCN2C(=O)c3c(N4CCC(OC)C4(C)C)nc(-c4cccc(N)n4)c(Cl)c3OCC2C1. The predicted octanol–water partition coefficient (Wildman–Crippen LogP) is 2.61. The smallest absolute Gasteiger partial charge is 0.261 e. The quantitative estimate of drug-likeness (QED) is 0.605. The normalized spacial score (nSPS) is 22.7. The zero-order valence-corrected chi connectivity index (χ0v) is 22.0. The Morgan fingerprint density at radius 2 is 2.08 bits per heavy atom. The molecule has 3 aliphatic heterocycles. The lowest BCUT2D eigenvalue weighted by Crippen LogP contribution is -2.57. The first-order valence-corrected chi connectivity index (χ1v) is 12.7. The third-order valence-corrected chi connectivity index (χ3v) is 7.94. The average molecular weight is 527 g/mol. The third kappa shape index (κ3) is 4.18. The minimum atomic E-state index is -0.454. The highest BCUT2D eigenvalue weighted by molar-refractivity contribution is 6.35. The monoisotopic (exact) mass is 526 g/mol. The number of halogens is 1. The lowest BCUT2D eigenvalue weighted by molar-refractivity contribution is -0.128. The van der Waals surface area contributed by atoms with E-state index in [9.17, 15) is 9.59 Å². The van der Waals surface area contributed by atoms with Crippen LogP contribution in [0.1, 0.15) is 30.6 Å². The molecule has 2 fully saturated rings. The zero-order chi connectivity index (χ0) is 26.5. The first-order valence-electron chi connectivity index (χ1n) is 12.3. The Morgan fingerprint density at radius 3 is 2.76 bits per heavy atom. The second kappa shape index (κ2) is 9.50. The summed E-state index contributed by atoms with van der Waals surface area (Å²) in [6, 6.07) is 4.89. The highest BCUT2D eigenvalue weighted by Crippen LogP contribution is 2.46. The van der Waals surface area contributed by atoms with Gasteiger partial charge in [-0.2, -0.15) is 0 Å². The molecule has 37 heavy (non-hydrogen) atoms. The molecular weight excluding hydrogens is 496 g/mol. The fourth-order valence-electron chi connectivity index (χ4n) is 5.57. The zero-order valence-electron chi connectivity index (χ0n) is 21.2. The van der Waals surface area contributed by atoms with Crippen LogP contribution in [0.4, 0.5) is 11.6 Å². The van der Waals surface area contributed by atoms with Gasteiger partial charge in [-0.15, -0.1) is 0 Å². The van der Waals surface area contributed by atoms with Gasteiger partial charge in [0.25, 0.3) is 5.91 Å². The fraction of sp³-hybridized carbons (Fsp3) is 0.462. The Morgan fingerprint density at radius 1 is 1.30 bits per heavy atom. The molecule has 2 unspecified atom stereocenters. The summed E-state index contributed by atoms with van der Waals surface area (Å²) in [5.41, 5.74) is 6.68. The minimum absolute atomic E-state index is 0.0578. The van der Waals surface area contributed by atoms with Crippen LogP contribution in [-0.2, 0) is 9.53 Å². The molecule has 196 valence electrons. The number of fused-ring (bicyclic) bond motifs is 2. The first-order chi connectivity index (χ1) is 17.7. The van der Waals surface area contributed by atoms with Crippen LogP contribution in [0.2, 0.25) is 5.02 Å². The minimum Gasteiger partial charge on any atom is -0.489 e. The van der Waals surface area contributed by atoms with Gasteiger partial charge in [0.15, 0.2) is 5.75 Å². The number of pyridine rings is 2. The van der Waals surface area contributed by atoms with Gasteiger partial charge in [0.05, 0.1) is 23.4 Å². The summed E-state index contributed by atoms with van der Waals surface area (Å²) in [6.45, 7) is 9.65. The van der Waals surface area contributed by atoms with Crippen LogP contribution in [0.5, 0.6) is 5.75 Å². The number of carbonyl (C=O) groups excluding carboxylic acids is 2. The Hall–Kier alpha value is -3.37. The van der Waals surface area contributed by atoms with Crippen LogP contribution in [-0.4, -0.2) is 89.2 Å². The molecule has 0 bridgehead atoms. The molecule has 2 amide bonds. The van der Waals surface area contributed by atoms with Crippen molar-refractivity contribution in [3.8, 4) is 17.1 Å². The van der Waals surface area contributed by atoms with Gasteiger partial charge in [0, 0.05) is 33.3 Å². The molecule has 2 atom stereocenters. The number of piperazine rings is 1. The van der Waals surface area contributed by atoms with Crippen molar-refractivity contribution in [3.05, 3.63) is 41.4 Å². The van der Waals surface area contributed by atoms with E-state index in [1.165, 1.54) is 6.08 Å². The molecule has 2 aromatic heterocycles. The molecule has 0 saturated carbocycles. The Labute approximate surface area is 221 Å². The Balaban J connectivity index is 1.66. The number of methoxy groups -OCH3 is 1. The molecule has 10 nitrogen and oxygen atoms in total. The number of nitrogen functional groups attached to an aromatic ring is 1. The van der Waals surface area contributed by atoms with E-state index in [4.69, 9.17) is 31.8 Å². The maximum atomic E-state index is 14.1. The number of aromatic nitrogens is 2. The summed E-state index contributed by atoms with van der Waals surface area (Å²) in [6.07, 6.45) is 2.00. The molecule has 3 aliphatic rings. The molecule has 5 heterocycles. The molecule has 11 heteroatoms. The van der Waals surface area contributed by atoms with Crippen LogP contribution in [0.3, 0.4) is 0 Å². The third-order valence-electron chi connectivity index (χ3n) is 7.59. The van der Waals surface area contributed by atoms with E-state index in [-0.39, 0.29) is 41.3 Å². The van der Waals surface area contributed by atoms with Crippen molar-refractivity contribution < 1.29 is 19.1 Å². The molecule has 0 aromatic carbocycles. The van der Waals surface area contributed by atoms with E-state index in [1.54, 1.807) is 35.1 Å². The van der Waals surface area contributed by atoms with Crippen LogP contribution in [0.25, 0.3) is 11.4 Å². The number of nitrogens with zero attached hydrogens (tertiary/aromatic N) is 5. The maximum Gasteiger partial charge on any atom is 0.261 e. The average Bonchev–Trinajstić information content (AvgIpc) is 3.10. The van der Waals surface area contributed by atoms with Crippen LogP contribution >= 0.6 is 11.6 Å². The van der Waals surface area contributed by atoms with Crippen LogP contribution in [0.15, 0.2) is 30.9 Å². The van der Waals surface area contributed by atoms with E-state index < -0.39 is 5.54 Å². The molecule has 0 radical (unpaired) electrons. The fourth-order valence-corrected chi connectivity index (χ4v) is 5.86. The topological polar surface area (TPSA) is 114 Å². The number of rotatable bonds is 4. The molecule has 2 aromatic rings. The van der Waals surface area contributed by atoms with Crippen LogP contribution in [0, 0.1) is 0 Å². The van der Waals surface area contributed by atoms with Crippen LogP contribution < -0.4 is 15.4 Å². The Bertz CT molecular complexity index is 1270. The maximum absolute atomic E-state index is 14.1. The Kier molecular flexibility index (Phi) is 6.49. The number of ether oxygens (including phenoxy) is 2. The number of hydrogen-bond acceptors (Lipinski definition) is 8. The van der Waals surface area contributed by atoms with Crippen molar-refractivity contribution in [1.29, 1.82) is 0 Å². The molecule has 2 saturated heterocycles. The lowest BCUT2D eigenvalue weighted by atomic mass is 9.97. The van der Waals surface area contributed by atoms with Gasteiger partial charge in [0.2, 0.25) is 5.91 Å². The van der Waals surface area contributed by atoms with E-state index in [0.29, 0.717) is 54.8 Å². The van der Waals surface area contributed by atoms with Gasteiger partial charge in [-0.3, -0.25) is 9.59 Å². The van der Waals surface area contributed by atoms with Crippen molar-refractivity contribution >= 4 is 35.1 Å². The highest BCUT2D eigenvalue weighted by atomic mass is 35.5. The highest BCUT2D eigenvalue weighted by Gasteiger charge is 2.47. The molecule has 5 rings (SSSR count).